The molecule has 1 heterocycles. The molecular formula is C13H16N2O. The molecule has 0 aliphatic carbocycles. The normalized spacial score (nSPS) is 22.4. The molecule has 1 aliphatic heterocycles. The Bertz CT molecular complexity index is 420. The minimum absolute atomic E-state index is 0.0598. The summed E-state index contributed by atoms with van der Waals surface area (Å²) in [6.07, 6.45) is 2.58. The highest BCUT2D eigenvalue weighted by Gasteiger charge is 2.27. The smallest absolute Gasteiger partial charge is 0.122 e. The molecule has 3 nitrogen and oxygen atoms in total. The molecule has 2 unspecified atom stereocenters. The van der Waals surface area contributed by atoms with Crippen molar-refractivity contribution in [2.45, 2.75) is 37.8 Å². The van der Waals surface area contributed by atoms with Crippen molar-refractivity contribution in [3.05, 3.63) is 29.8 Å². The van der Waals surface area contributed by atoms with Crippen LogP contribution in [0.1, 0.15) is 25.3 Å². The van der Waals surface area contributed by atoms with E-state index >= 15 is 0 Å². The molecule has 2 rings (SSSR count). The van der Waals surface area contributed by atoms with Crippen LogP contribution in [0.2, 0.25) is 0 Å². The monoisotopic (exact) mass is 216 g/mol. The molecule has 0 aromatic heterocycles. The molecule has 0 bridgehead atoms. The number of para-hydroxylation sites is 1. The van der Waals surface area contributed by atoms with Crippen molar-refractivity contribution >= 4 is 0 Å². The molecule has 3 heteroatoms. The second kappa shape index (κ2) is 4.15. The third-order valence-corrected chi connectivity index (χ3v) is 2.91. The fourth-order valence-electron chi connectivity index (χ4n) is 2.04. The number of hydrogen-bond acceptors (Lipinski definition) is 3. The second-order valence-corrected chi connectivity index (χ2v) is 4.62. The summed E-state index contributed by atoms with van der Waals surface area (Å²) in [6, 6.07) is 10.1. The molecule has 0 spiro atoms. The number of fused-ring (bicyclic) bond motifs is 1. The Balaban J connectivity index is 2.07. The first kappa shape index (κ1) is 11.0. The Morgan fingerprint density at radius 2 is 2.31 bits per heavy atom. The lowest BCUT2D eigenvalue weighted by Crippen LogP contribution is -2.40. The fraction of sp³-hybridized carbons (Fsp3) is 0.462. The molecule has 84 valence electrons. The number of nitrogens with zero attached hydrogens (tertiary/aromatic N) is 1. The number of rotatable bonds is 2. The van der Waals surface area contributed by atoms with Gasteiger partial charge in [0.15, 0.2) is 0 Å². The summed E-state index contributed by atoms with van der Waals surface area (Å²) >= 11 is 0. The van der Waals surface area contributed by atoms with Crippen LogP contribution in [-0.2, 0) is 6.42 Å². The molecule has 0 amide bonds. The summed E-state index contributed by atoms with van der Waals surface area (Å²) < 4.78 is 5.84. The van der Waals surface area contributed by atoms with Crippen LogP contribution in [0.15, 0.2) is 24.3 Å². The third kappa shape index (κ3) is 2.34. The van der Waals surface area contributed by atoms with Crippen LogP contribution in [-0.4, -0.2) is 11.6 Å². The van der Waals surface area contributed by atoms with Gasteiger partial charge in [0.25, 0.3) is 0 Å². The second-order valence-electron chi connectivity index (χ2n) is 4.62. The quantitative estimate of drug-likeness (QED) is 0.822. The maximum absolute atomic E-state index is 8.89. The maximum atomic E-state index is 8.89. The fourth-order valence-corrected chi connectivity index (χ4v) is 2.04. The predicted molar refractivity (Wildman–Crippen MR) is 62.0 cm³/mol. The van der Waals surface area contributed by atoms with E-state index in [1.165, 1.54) is 5.56 Å². The van der Waals surface area contributed by atoms with E-state index in [2.05, 4.69) is 12.1 Å². The van der Waals surface area contributed by atoms with Gasteiger partial charge in [-0.25, -0.2) is 0 Å². The SMILES string of the molecule is CC(N)(C#N)CC1CCc2ccccc2O1. The molecule has 0 saturated heterocycles. The Hall–Kier alpha value is -1.53. The highest BCUT2D eigenvalue weighted by Crippen LogP contribution is 2.29. The van der Waals surface area contributed by atoms with E-state index in [4.69, 9.17) is 15.7 Å². The zero-order valence-corrected chi connectivity index (χ0v) is 9.44. The van der Waals surface area contributed by atoms with Crippen molar-refractivity contribution in [2.24, 2.45) is 5.73 Å². The third-order valence-electron chi connectivity index (χ3n) is 2.91. The van der Waals surface area contributed by atoms with Crippen molar-refractivity contribution in [1.82, 2.24) is 0 Å². The number of benzene rings is 1. The molecule has 1 aromatic rings. The van der Waals surface area contributed by atoms with Crippen molar-refractivity contribution in [3.63, 3.8) is 0 Å². The first-order chi connectivity index (χ1) is 7.61. The molecule has 0 radical (unpaired) electrons. The van der Waals surface area contributed by atoms with E-state index in [1.807, 2.05) is 18.2 Å². The highest BCUT2D eigenvalue weighted by molar-refractivity contribution is 5.35. The summed E-state index contributed by atoms with van der Waals surface area (Å²) in [5, 5.41) is 8.89. The summed E-state index contributed by atoms with van der Waals surface area (Å²) in [6.45, 7) is 1.75. The number of nitriles is 1. The highest BCUT2D eigenvalue weighted by atomic mass is 16.5. The Morgan fingerprint density at radius 1 is 1.56 bits per heavy atom. The molecule has 2 N–H and O–H groups in total. The molecular weight excluding hydrogens is 200 g/mol. The van der Waals surface area contributed by atoms with Crippen LogP contribution >= 0.6 is 0 Å². The number of hydrogen-bond donors (Lipinski definition) is 1. The first-order valence-electron chi connectivity index (χ1n) is 5.55. The Morgan fingerprint density at radius 3 is 3.06 bits per heavy atom. The lowest BCUT2D eigenvalue weighted by atomic mass is 9.92. The van der Waals surface area contributed by atoms with Gasteiger partial charge in [-0.2, -0.15) is 5.26 Å². The number of ether oxygens (including phenoxy) is 1. The van der Waals surface area contributed by atoms with Gasteiger partial charge in [0.1, 0.15) is 17.4 Å². The van der Waals surface area contributed by atoms with E-state index in [9.17, 15) is 0 Å². The number of nitrogens with two attached hydrogens (primary N) is 1. The Labute approximate surface area is 95.8 Å². The van der Waals surface area contributed by atoms with Gasteiger partial charge in [0, 0.05) is 6.42 Å². The van der Waals surface area contributed by atoms with Gasteiger partial charge in [-0.15, -0.1) is 0 Å². The summed E-state index contributed by atoms with van der Waals surface area (Å²) in [4.78, 5) is 0. The van der Waals surface area contributed by atoms with Gasteiger partial charge in [0.05, 0.1) is 6.07 Å². The van der Waals surface area contributed by atoms with Gasteiger partial charge in [-0.3, -0.25) is 0 Å². The average Bonchev–Trinajstić information content (AvgIpc) is 2.28. The van der Waals surface area contributed by atoms with Crippen LogP contribution < -0.4 is 10.5 Å². The topological polar surface area (TPSA) is 59.0 Å². The minimum atomic E-state index is -0.795. The summed E-state index contributed by atoms with van der Waals surface area (Å²) in [5.74, 6) is 0.937. The van der Waals surface area contributed by atoms with Crippen molar-refractivity contribution in [2.75, 3.05) is 0 Å². The van der Waals surface area contributed by atoms with Gasteiger partial charge < -0.3 is 10.5 Å². The lowest BCUT2D eigenvalue weighted by molar-refractivity contribution is 0.148. The van der Waals surface area contributed by atoms with E-state index in [0.717, 1.165) is 18.6 Å². The van der Waals surface area contributed by atoms with E-state index in [1.54, 1.807) is 6.92 Å². The zero-order chi connectivity index (χ0) is 11.6. The average molecular weight is 216 g/mol. The molecule has 2 atom stereocenters. The van der Waals surface area contributed by atoms with Crippen LogP contribution in [0.5, 0.6) is 5.75 Å². The summed E-state index contributed by atoms with van der Waals surface area (Å²) in [5.41, 5.74) is 6.28. The summed E-state index contributed by atoms with van der Waals surface area (Å²) in [7, 11) is 0. The van der Waals surface area contributed by atoms with Gasteiger partial charge in [0.2, 0.25) is 0 Å². The Kier molecular flexibility index (Phi) is 2.84. The van der Waals surface area contributed by atoms with Crippen molar-refractivity contribution in [1.29, 1.82) is 5.26 Å². The van der Waals surface area contributed by atoms with Crippen molar-refractivity contribution in [3.8, 4) is 11.8 Å². The van der Waals surface area contributed by atoms with Crippen molar-refractivity contribution < 1.29 is 4.74 Å². The minimum Gasteiger partial charge on any atom is -0.490 e. The van der Waals surface area contributed by atoms with Crippen LogP contribution in [0, 0.1) is 11.3 Å². The van der Waals surface area contributed by atoms with Crippen LogP contribution in [0.3, 0.4) is 0 Å². The predicted octanol–water partition coefficient (Wildman–Crippen LogP) is 2.01. The van der Waals surface area contributed by atoms with E-state index < -0.39 is 5.54 Å². The maximum Gasteiger partial charge on any atom is 0.122 e. The van der Waals surface area contributed by atoms with Crippen LogP contribution in [0.25, 0.3) is 0 Å². The molecule has 0 saturated carbocycles. The molecule has 0 fully saturated rings. The molecule has 16 heavy (non-hydrogen) atoms. The van der Waals surface area contributed by atoms with Gasteiger partial charge >= 0.3 is 0 Å². The van der Waals surface area contributed by atoms with Gasteiger partial charge in [-0.1, -0.05) is 18.2 Å². The van der Waals surface area contributed by atoms with E-state index in [-0.39, 0.29) is 6.10 Å². The lowest BCUT2D eigenvalue weighted by Gasteiger charge is -2.29. The van der Waals surface area contributed by atoms with E-state index in [0.29, 0.717) is 6.42 Å². The number of aryl methyl sites for hydroxylation is 1. The first-order valence-corrected chi connectivity index (χ1v) is 5.55. The van der Waals surface area contributed by atoms with Gasteiger partial charge in [-0.05, 0) is 31.4 Å². The standard InChI is InChI=1S/C13H16N2O/c1-13(15,9-14)8-11-7-6-10-4-2-3-5-12(10)16-11/h2-5,11H,6-8,15H2,1H3. The van der Waals surface area contributed by atoms with Crippen LogP contribution in [0.4, 0.5) is 0 Å². The zero-order valence-electron chi connectivity index (χ0n) is 9.44. The molecule has 1 aromatic carbocycles. The molecule has 1 aliphatic rings. The largest absolute Gasteiger partial charge is 0.490 e.